The van der Waals surface area contributed by atoms with Crippen molar-refractivity contribution in [2.24, 2.45) is 0 Å². The van der Waals surface area contributed by atoms with Gasteiger partial charge < -0.3 is 5.11 Å². The first-order valence-electron chi connectivity index (χ1n) is 26.4. The molecule has 0 bridgehead atoms. The third-order valence-electron chi connectivity index (χ3n) is 12.5. The monoisotopic (exact) mass is 2140 g/mol. The first-order chi connectivity index (χ1) is 54.3. The zero-order valence-electron chi connectivity index (χ0n) is 54.2. The topological polar surface area (TPSA) is 131 Å². The molecule has 0 aliphatic heterocycles. The summed E-state index contributed by atoms with van der Waals surface area (Å²) in [5, 5.41) is 7.91. The maximum atomic E-state index is 14.1. The van der Waals surface area contributed by atoms with E-state index in [2.05, 4.69) is 0 Å². The lowest BCUT2D eigenvalue weighted by atomic mass is 10.2. The van der Waals surface area contributed by atoms with Crippen LogP contribution >= 0.6 is 0 Å². The van der Waals surface area contributed by atoms with Crippen molar-refractivity contribution in [1.29, 1.82) is 0 Å². The van der Waals surface area contributed by atoms with Crippen LogP contribution in [0, 0.1) is 0 Å². The molecule has 776 valence electrons. The van der Waals surface area contributed by atoms with E-state index in [9.17, 15) is 338 Å². The second-order valence-corrected chi connectivity index (χ2v) is 21.9. The molecule has 0 spiro atoms. The molecule has 0 aliphatic carbocycles. The van der Waals surface area contributed by atoms with Crippen LogP contribution in [0.1, 0.15) is 0 Å². The SMILES string of the molecule is OCC(F)(F)C(F)(F)OC(F)(F)C(F)(F)C(F)(F)OC(F)(F)C(F)(F)C(F)(F)OC(F)(F)C(F)(F)C(F)(F)OC(F)(F)C(F)(F)C(F)(F)OC(F)(F)C(F)(F)C(F)(F)OC(F)(F)C(F)(F)C(F)(F)OC(F)(F)C(F)(F)C(F)(F)OC(F)(F)C(F)(F)C(F)(F)OC(F)(F)C(F)(F)C(F)(F)OC(F)(F)C(F)(F)C(F)(F)OC(F)(F)C(F)(F)C(F)(F)OC(F)(F)C(F)(F)C(F)(F)F. The summed E-state index contributed by atoms with van der Waals surface area (Å²) in [6.45, 7) is -3.67. The number of ether oxygens (including phenoxy) is 12. The molecule has 0 aliphatic rings. The maximum absolute atomic E-state index is 14.1. The number of alkyl halides is 77. The number of halogens is 77. The lowest BCUT2D eigenvalue weighted by Gasteiger charge is -2.41. The molecule has 0 rings (SSSR count). The number of hydrogen-bond acceptors (Lipinski definition) is 13. The van der Waals surface area contributed by atoms with E-state index in [-0.39, 0.29) is 0 Å². The highest BCUT2D eigenvalue weighted by molar-refractivity contribution is 5.03. The largest absolute Gasteiger partial charge is 0.462 e. The van der Waals surface area contributed by atoms with Crippen LogP contribution in [0.3, 0.4) is 0 Å². The zero-order chi connectivity index (χ0) is 106. The molecule has 129 heavy (non-hydrogen) atoms. The first kappa shape index (κ1) is 123. The van der Waals surface area contributed by atoms with E-state index in [1.807, 2.05) is 0 Å². The maximum Gasteiger partial charge on any atom is 0.462 e. The number of hydrogen-bond donors (Lipinski definition) is 1. The summed E-state index contributed by atoms with van der Waals surface area (Å²) in [7, 11) is 0. The van der Waals surface area contributed by atoms with Crippen LogP contribution in [-0.4, -0.2) is 241 Å². The van der Waals surface area contributed by atoms with Crippen molar-refractivity contribution in [2.45, 2.75) is 230 Å². The van der Waals surface area contributed by atoms with Gasteiger partial charge in [-0.3, -0.25) is 0 Å². The number of aliphatic hydroxyl groups excluding tert-OH is 1. The Balaban J connectivity index is 7.35. The fourth-order valence-corrected chi connectivity index (χ4v) is 5.60. The zero-order valence-corrected chi connectivity index (χ0v) is 54.2. The molecule has 0 aromatic rings. The van der Waals surface area contributed by atoms with Gasteiger partial charge in [0.2, 0.25) is 0 Å². The predicted octanol–water partition coefficient (Wildman–Crippen LogP) is 23.2. The van der Waals surface area contributed by atoms with Crippen LogP contribution in [0.2, 0.25) is 0 Å². The lowest BCUT2D eigenvalue weighted by molar-refractivity contribution is -0.578. The Hall–Kier alpha value is -5.91. The van der Waals surface area contributed by atoms with Gasteiger partial charge >= 0.3 is 230 Å². The van der Waals surface area contributed by atoms with Gasteiger partial charge in [-0.25, -0.2) is 56.8 Å². The molecule has 0 saturated heterocycles. The van der Waals surface area contributed by atoms with Crippen molar-refractivity contribution in [3.63, 3.8) is 0 Å². The molecule has 90 heteroatoms. The van der Waals surface area contributed by atoms with Gasteiger partial charge in [0.05, 0.1) is 0 Å². The van der Waals surface area contributed by atoms with Crippen LogP contribution < -0.4 is 0 Å². The molecular formula is C39H3F77O13. The van der Waals surface area contributed by atoms with Crippen molar-refractivity contribution in [3.8, 4) is 0 Å². The minimum absolute atomic E-state index is 0.367. The van der Waals surface area contributed by atoms with Crippen molar-refractivity contribution >= 4 is 0 Å². The van der Waals surface area contributed by atoms with Crippen LogP contribution in [0.5, 0.6) is 0 Å². The van der Waals surface area contributed by atoms with Crippen molar-refractivity contribution < 1.29 is 400 Å². The van der Waals surface area contributed by atoms with Crippen LogP contribution in [0.15, 0.2) is 0 Å². The Morgan fingerprint density at radius 2 is 0.163 bits per heavy atom. The molecule has 0 amide bonds. The molecule has 0 unspecified atom stereocenters. The summed E-state index contributed by atoms with van der Waals surface area (Å²) >= 11 is 0. The van der Waals surface area contributed by atoms with E-state index in [0.29, 0.717) is 52.1 Å². The Labute approximate surface area is 638 Å². The van der Waals surface area contributed by atoms with E-state index < -0.39 is 236 Å². The third-order valence-corrected chi connectivity index (χ3v) is 12.5. The molecule has 0 aromatic heterocycles. The number of rotatable bonds is 49. The van der Waals surface area contributed by atoms with Crippen LogP contribution in [0.25, 0.3) is 0 Å². The van der Waals surface area contributed by atoms with Gasteiger partial charge in [-0.1, -0.05) is 0 Å². The first-order valence-corrected chi connectivity index (χ1v) is 26.4. The summed E-state index contributed by atoms with van der Waals surface area (Å²) in [4.78, 5) is 0. The van der Waals surface area contributed by atoms with E-state index in [1.165, 1.54) is 0 Å². The van der Waals surface area contributed by atoms with E-state index in [0.717, 1.165) is 4.74 Å². The van der Waals surface area contributed by atoms with Crippen LogP contribution in [0.4, 0.5) is 338 Å². The van der Waals surface area contributed by atoms with Gasteiger partial charge in [-0.15, -0.1) is 0 Å². The van der Waals surface area contributed by atoms with Gasteiger partial charge in [0.1, 0.15) is 6.61 Å². The minimum Gasteiger partial charge on any atom is -0.390 e. The highest BCUT2D eigenvalue weighted by Gasteiger charge is 2.95. The number of aliphatic hydroxyl groups is 1. The molecule has 0 atom stereocenters. The summed E-state index contributed by atoms with van der Waals surface area (Å²) in [6, 6.07) is 0. The predicted molar refractivity (Wildman–Crippen MR) is 209 cm³/mol. The Morgan fingerprint density at radius 3 is 0.225 bits per heavy atom. The Bertz CT molecular complexity index is 3700. The van der Waals surface area contributed by atoms with E-state index in [1.54, 1.807) is 0 Å². The van der Waals surface area contributed by atoms with Crippen molar-refractivity contribution in [3.05, 3.63) is 0 Å². The highest BCUT2D eigenvalue weighted by atomic mass is 19.5. The molecular weight excluding hydrogens is 2140 g/mol. The lowest BCUT2D eigenvalue weighted by Crippen LogP contribution is -2.69. The van der Waals surface area contributed by atoms with Gasteiger partial charge in [0, 0.05) is 0 Å². The van der Waals surface area contributed by atoms with Crippen LogP contribution in [-0.2, 0) is 56.8 Å². The van der Waals surface area contributed by atoms with E-state index in [4.69, 9.17) is 5.11 Å². The Kier molecular flexibility index (Phi) is 30.9. The normalized spacial score (nSPS) is 17.2. The minimum atomic E-state index is -9.96. The van der Waals surface area contributed by atoms with E-state index >= 15 is 0 Å². The summed E-state index contributed by atoms with van der Waals surface area (Å²) < 4.78 is 1060. The van der Waals surface area contributed by atoms with Gasteiger partial charge in [0.25, 0.3) is 0 Å². The highest BCUT2D eigenvalue weighted by Crippen LogP contribution is 2.67. The van der Waals surface area contributed by atoms with Crippen molar-refractivity contribution in [2.75, 3.05) is 6.61 Å². The average Bonchev–Trinajstić information content (AvgIpc) is 0.708. The molecule has 0 saturated carbocycles. The fraction of sp³-hybridized carbons (Fsp3) is 1.00. The summed E-state index contributed by atoms with van der Waals surface area (Å²) in [6.07, 6.45) is -234. The second kappa shape index (κ2) is 32.4. The molecule has 13 nitrogen and oxygen atoms in total. The molecule has 1 N–H and O–H groups in total. The standard InChI is InChI=1S/C39H3F77O13/c40-2(41,1-117)16(69,70)118-18(73,74)4(44,45)20(77,78)120-22(81,82)6(48,49)24(85,86)122-26(89,90)8(52,53)28(93,94)124-30(97,98)10(56,57)32(101,102)126-34(105,106)12(60,61)36(109,110)128-38(113,114)14(64,65)39(115,116)129-37(111,112)13(62,63)35(107,108)127-33(103,104)11(58,59)31(99,100)125-29(95,96)9(54,55)27(91,92)123-25(87,88)7(50,51)23(83,84)121-21(79,80)5(46,47)19(75,76)119-17(71,72)3(42,43)15(66,67)68/h117H,1H2. The Morgan fingerprint density at radius 1 is 0.101 bits per heavy atom. The molecule has 0 radical (unpaired) electrons. The third kappa shape index (κ3) is 20.4. The molecule has 0 fully saturated rings. The fourth-order valence-electron chi connectivity index (χ4n) is 5.60. The quantitative estimate of drug-likeness (QED) is 0.0581. The average molecular weight is 2140 g/mol. The van der Waals surface area contributed by atoms with Gasteiger partial charge in [-0.05, 0) is 0 Å². The summed E-state index contributed by atoms with van der Waals surface area (Å²) in [5.74, 6) is -122. The smallest absolute Gasteiger partial charge is 0.390 e. The molecule has 0 aromatic carbocycles. The molecule has 0 heterocycles. The van der Waals surface area contributed by atoms with Gasteiger partial charge in [-0.2, -0.15) is 338 Å². The second-order valence-electron chi connectivity index (χ2n) is 21.9. The summed E-state index contributed by atoms with van der Waals surface area (Å²) in [5.41, 5.74) is 0. The van der Waals surface area contributed by atoms with Crippen molar-refractivity contribution in [1.82, 2.24) is 0 Å². The van der Waals surface area contributed by atoms with Gasteiger partial charge in [0.15, 0.2) is 0 Å².